The lowest BCUT2D eigenvalue weighted by Crippen LogP contribution is -2.30. The van der Waals surface area contributed by atoms with E-state index in [1.54, 1.807) is 79.9 Å². The van der Waals surface area contributed by atoms with E-state index in [1.165, 1.54) is 0 Å². The van der Waals surface area contributed by atoms with E-state index in [0.29, 0.717) is 22.0 Å². The molecule has 0 saturated carbocycles. The summed E-state index contributed by atoms with van der Waals surface area (Å²) in [5.74, 6) is -0.170. The van der Waals surface area contributed by atoms with Crippen molar-refractivity contribution in [2.45, 2.75) is 0 Å². The number of hydrogen-bond donors (Lipinski definition) is 2. The van der Waals surface area contributed by atoms with Gasteiger partial charge in [0, 0.05) is 20.7 Å². The number of amides is 2. The second-order valence-electron chi connectivity index (χ2n) is 6.26. The zero-order valence-electron chi connectivity index (χ0n) is 16.0. The fraction of sp³-hybridized carbons (Fsp3) is 0.0435. The van der Waals surface area contributed by atoms with E-state index in [0.717, 1.165) is 10.0 Å². The molecule has 2 amide bonds. The molecule has 0 unspecified atom stereocenters. The van der Waals surface area contributed by atoms with Crippen molar-refractivity contribution in [3.8, 4) is 5.75 Å². The summed E-state index contributed by atoms with van der Waals surface area (Å²) in [7, 11) is 1.58. The fourth-order valence-corrected chi connectivity index (χ4v) is 3.11. The van der Waals surface area contributed by atoms with E-state index in [9.17, 15) is 9.59 Å². The Morgan fingerprint density at radius 2 is 1.70 bits per heavy atom. The Hall–Kier alpha value is -3.09. The van der Waals surface area contributed by atoms with Gasteiger partial charge in [0.05, 0.1) is 7.11 Å². The minimum Gasteiger partial charge on any atom is -0.497 e. The first-order valence-corrected chi connectivity index (χ1v) is 10.1. The average molecular weight is 486 g/mol. The van der Waals surface area contributed by atoms with Gasteiger partial charge in [-0.25, -0.2) is 0 Å². The lowest BCUT2D eigenvalue weighted by Gasteiger charge is -2.12. The van der Waals surface area contributed by atoms with Gasteiger partial charge >= 0.3 is 0 Å². The van der Waals surface area contributed by atoms with E-state index in [4.69, 9.17) is 16.3 Å². The first kappa shape index (κ1) is 21.6. The summed E-state index contributed by atoms with van der Waals surface area (Å²) in [6.07, 6.45) is 1.60. The number of rotatable bonds is 6. The lowest BCUT2D eigenvalue weighted by atomic mass is 10.1. The SMILES string of the molecule is COc1ccc(/C=C(\NC(=O)c2cccc(Br)c2)C(=O)Nc2ccc(Cl)cc2)cc1. The predicted molar refractivity (Wildman–Crippen MR) is 123 cm³/mol. The summed E-state index contributed by atoms with van der Waals surface area (Å²) >= 11 is 9.24. The molecule has 0 heterocycles. The van der Waals surface area contributed by atoms with Crippen molar-refractivity contribution in [2.75, 3.05) is 12.4 Å². The molecule has 2 N–H and O–H groups in total. The number of nitrogens with one attached hydrogen (secondary N) is 2. The molecule has 0 fully saturated rings. The van der Waals surface area contributed by atoms with Gasteiger partial charge in [0.1, 0.15) is 11.4 Å². The molecular formula is C23H18BrClN2O3. The molecule has 3 rings (SSSR count). The lowest BCUT2D eigenvalue weighted by molar-refractivity contribution is -0.113. The highest BCUT2D eigenvalue weighted by molar-refractivity contribution is 9.10. The molecule has 0 aromatic heterocycles. The minimum atomic E-state index is -0.462. The topological polar surface area (TPSA) is 67.4 Å². The van der Waals surface area contributed by atoms with E-state index >= 15 is 0 Å². The molecule has 7 heteroatoms. The second kappa shape index (κ2) is 10.1. The normalized spacial score (nSPS) is 11.0. The Balaban J connectivity index is 1.88. The van der Waals surface area contributed by atoms with Crippen LogP contribution in [0, 0.1) is 0 Å². The van der Waals surface area contributed by atoms with Gasteiger partial charge in [-0.15, -0.1) is 0 Å². The molecule has 0 aliphatic heterocycles. The summed E-state index contributed by atoms with van der Waals surface area (Å²) < 4.78 is 5.92. The van der Waals surface area contributed by atoms with Crippen LogP contribution in [0.3, 0.4) is 0 Å². The standard InChI is InChI=1S/C23H18BrClN2O3/c1-30-20-11-5-15(6-12-20)13-21(23(29)26-19-9-7-18(25)8-10-19)27-22(28)16-3-2-4-17(24)14-16/h2-14H,1H3,(H,26,29)(H,27,28)/b21-13-. The van der Waals surface area contributed by atoms with Gasteiger partial charge in [-0.1, -0.05) is 45.7 Å². The highest BCUT2D eigenvalue weighted by Gasteiger charge is 2.15. The molecule has 0 spiro atoms. The van der Waals surface area contributed by atoms with Crippen LogP contribution in [0.1, 0.15) is 15.9 Å². The maximum atomic E-state index is 12.9. The quantitative estimate of drug-likeness (QED) is 0.452. The van der Waals surface area contributed by atoms with Crippen LogP contribution in [-0.2, 0) is 4.79 Å². The van der Waals surface area contributed by atoms with Gasteiger partial charge < -0.3 is 15.4 Å². The third kappa shape index (κ3) is 5.95. The number of benzene rings is 3. The number of ether oxygens (including phenoxy) is 1. The van der Waals surface area contributed by atoms with Crippen LogP contribution in [0.2, 0.25) is 5.02 Å². The highest BCUT2D eigenvalue weighted by atomic mass is 79.9. The van der Waals surface area contributed by atoms with Gasteiger partial charge in [0.15, 0.2) is 0 Å². The van der Waals surface area contributed by atoms with Crippen molar-refractivity contribution in [3.63, 3.8) is 0 Å². The number of methoxy groups -OCH3 is 1. The number of carbonyl (C=O) groups is 2. The van der Waals surface area contributed by atoms with Crippen LogP contribution in [0.25, 0.3) is 6.08 Å². The van der Waals surface area contributed by atoms with E-state index < -0.39 is 11.8 Å². The smallest absolute Gasteiger partial charge is 0.272 e. The summed E-state index contributed by atoms with van der Waals surface area (Å²) in [4.78, 5) is 25.6. The van der Waals surface area contributed by atoms with Crippen molar-refractivity contribution < 1.29 is 14.3 Å². The van der Waals surface area contributed by atoms with Crippen molar-refractivity contribution >= 4 is 51.1 Å². The highest BCUT2D eigenvalue weighted by Crippen LogP contribution is 2.17. The molecule has 0 saturated heterocycles. The summed E-state index contributed by atoms with van der Waals surface area (Å²) in [5.41, 5.74) is 1.80. The zero-order chi connectivity index (χ0) is 21.5. The number of carbonyl (C=O) groups excluding carboxylic acids is 2. The summed E-state index contributed by atoms with van der Waals surface area (Å²) in [6, 6.07) is 20.8. The third-order valence-electron chi connectivity index (χ3n) is 4.11. The Labute approximate surface area is 187 Å². The summed E-state index contributed by atoms with van der Waals surface area (Å²) in [6.45, 7) is 0. The van der Waals surface area contributed by atoms with Crippen molar-refractivity contribution in [3.05, 3.63) is 99.1 Å². The molecular weight excluding hydrogens is 468 g/mol. The molecule has 30 heavy (non-hydrogen) atoms. The number of anilines is 1. The largest absolute Gasteiger partial charge is 0.497 e. The van der Waals surface area contributed by atoms with Crippen LogP contribution in [0.15, 0.2) is 83.0 Å². The third-order valence-corrected chi connectivity index (χ3v) is 4.85. The fourth-order valence-electron chi connectivity index (χ4n) is 2.58. The first-order valence-electron chi connectivity index (χ1n) is 8.94. The van der Waals surface area contributed by atoms with Crippen LogP contribution in [-0.4, -0.2) is 18.9 Å². The molecule has 5 nitrogen and oxygen atoms in total. The molecule has 3 aromatic carbocycles. The minimum absolute atomic E-state index is 0.0973. The Morgan fingerprint density at radius 1 is 1.00 bits per heavy atom. The maximum absolute atomic E-state index is 12.9. The molecule has 0 aliphatic rings. The molecule has 0 atom stereocenters. The summed E-state index contributed by atoms with van der Waals surface area (Å²) in [5, 5.41) is 6.03. The van der Waals surface area contributed by atoms with Gasteiger partial charge in [-0.05, 0) is 66.2 Å². The van der Waals surface area contributed by atoms with Gasteiger partial charge in [-0.2, -0.15) is 0 Å². The molecule has 0 aliphatic carbocycles. The van der Waals surface area contributed by atoms with Crippen LogP contribution >= 0.6 is 27.5 Å². The van der Waals surface area contributed by atoms with E-state index in [-0.39, 0.29) is 5.70 Å². The molecule has 3 aromatic rings. The zero-order valence-corrected chi connectivity index (χ0v) is 18.3. The van der Waals surface area contributed by atoms with E-state index in [2.05, 4.69) is 26.6 Å². The second-order valence-corrected chi connectivity index (χ2v) is 7.61. The van der Waals surface area contributed by atoms with E-state index in [1.807, 2.05) is 6.07 Å². The van der Waals surface area contributed by atoms with Crippen LogP contribution < -0.4 is 15.4 Å². The van der Waals surface area contributed by atoms with Gasteiger partial charge in [-0.3, -0.25) is 9.59 Å². The van der Waals surface area contributed by atoms with Crippen LogP contribution in [0.5, 0.6) is 5.75 Å². The van der Waals surface area contributed by atoms with Gasteiger partial charge in [0.2, 0.25) is 0 Å². The van der Waals surface area contributed by atoms with Crippen molar-refractivity contribution in [1.29, 1.82) is 0 Å². The van der Waals surface area contributed by atoms with Crippen molar-refractivity contribution in [2.24, 2.45) is 0 Å². The average Bonchev–Trinajstić information content (AvgIpc) is 2.75. The maximum Gasteiger partial charge on any atom is 0.272 e. The molecule has 0 radical (unpaired) electrons. The molecule has 0 bridgehead atoms. The monoisotopic (exact) mass is 484 g/mol. The Bertz CT molecular complexity index is 1080. The van der Waals surface area contributed by atoms with Crippen molar-refractivity contribution in [1.82, 2.24) is 5.32 Å². The van der Waals surface area contributed by atoms with Crippen LogP contribution in [0.4, 0.5) is 5.69 Å². The Kier molecular flexibility index (Phi) is 7.27. The number of hydrogen-bond acceptors (Lipinski definition) is 3. The number of halogens is 2. The molecule has 152 valence electrons. The Morgan fingerprint density at radius 3 is 2.33 bits per heavy atom. The van der Waals surface area contributed by atoms with Gasteiger partial charge in [0.25, 0.3) is 11.8 Å². The first-order chi connectivity index (χ1) is 14.4. The predicted octanol–water partition coefficient (Wildman–Crippen LogP) is 5.52.